The van der Waals surface area contributed by atoms with E-state index in [0.29, 0.717) is 55.6 Å². The summed E-state index contributed by atoms with van der Waals surface area (Å²) in [5, 5.41) is 3.08. The minimum atomic E-state index is -4.40. The van der Waals surface area contributed by atoms with Crippen LogP contribution >= 0.6 is 11.3 Å². The molecule has 0 unspecified atom stereocenters. The second-order valence-corrected chi connectivity index (χ2v) is 9.24. The second kappa shape index (κ2) is 9.17. The number of benzene rings is 1. The van der Waals surface area contributed by atoms with Gasteiger partial charge in [-0.1, -0.05) is 0 Å². The third-order valence-corrected chi connectivity index (χ3v) is 7.02. The van der Waals surface area contributed by atoms with Gasteiger partial charge >= 0.3 is 6.18 Å². The van der Waals surface area contributed by atoms with Crippen LogP contribution in [0.4, 0.5) is 19.0 Å². The zero-order chi connectivity index (χ0) is 23.7. The summed E-state index contributed by atoms with van der Waals surface area (Å²) in [6.07, 6.45) is -2.16. The summed E-state index contributed by atoms with van der Waals surface area (Å²) < 4.78 is 49.4. The van der Waals surface area contributed by atoms with Gasteiger partial charge in [0.15, 0.2) is 11.5 Å². The SMILES string of the molecule is O=C(NC1CCN(c2ccc(C(F)(F)F)cn2)CC1)c1ccc(-c2ccc3c(c2)OCCO3)s1. The average Bonchev–Trinajstić information content (AvgIpc) is 3.34. The molecule has 0 saturated carbocycles. The van der Waals surface area contributed by atoms with Gasteiger partial charge in [0, 0.05) is 30.2 Å². The summed E-state index contributed by atoms with van der Waals surface area (Å²) in [6, 6.07) is 11.9. The van der Waals surface area contributed by atoms with Gasteiger partial charge in [-0.15, -0.1) is 11.3 Å². The van der Waals surface area contributed by atoms with E-state index in [0.717, 1.165) is 28.5 Å². The number of nitrogens with one attached hydrogen (secondary N) is 1. The summed E-state index contributed by atoms with van der Waals surface area (Å²) in [5.74, 6) is 1.82. The van der Waals surface area contributed by atoms with Crippen molar-refractivity contribution in [2.75, 3.05) is 31.2 Å². The van der Waals surface area contributed by atoms with Gasteiger partial charge in [-0.05, 0) is 60.9 Å². The fraction of sp³-hybridized carbons (Fsp3) is 0.333. The third kappa shape index (κ3) is 4.82. The zero-order valence-electron chi connectivity index (χ0n) is 18.1. The van der Waals surface area contributed by atoms with Gasteiger partial charge in [0.1, 0.15) is 19.0 Å². The lowest BCUT2D eigenvalue weighted by atomic mass is 10.0. The molecule has 6 nitrogen and oxygen atoms in total. The summed E-state index contributed by atoms with van der Waals surface area (Å²) in [7, 11) is 0. The molecule has 10 heteroatoms. The number of thiophene rings is 1. The largest absolute Gasteiger partial charge is 0.486 e. The molecule has 0 atom stereocenters. The molecule has 34 heavy (non-hydrogen) atoms. The van der Waals surface area contributed by atoms with Crippen LogP contribution in [-0.4, -0.2) is 43.2 Å². The first-order valence-electron chi connectivity index (χ1n) is 11.0. The number of fused-ring (bicyclic) bond motifs is 1. The number of rotatable bonds is 4. The van der Waals surface area contributed by atoms with E-state index in [4.69, 9.17) is 9.47 Å². The van der Waals surface area contributed by atoms with Crippen LogP contribution in [0.3, 0.4) is 0 Å². The Bertz CT molecular complexity index is 1170. The smallest absolute Gasteiger partial charge is 0.417 e. The lowest BCUT2D eigenvalue weighted by Crippen LogP contribution is -2.44. The molecule has 1 N–H and O–H groups in total. The number of piperidine rings is 1. The minimum Gasteiger partial charge on any atom is -0.486 e. The van der Waals surface area contributed by atoms with Crippen LogP contribution in [0.1, 0.15) is 28.1 Å². The maximum Gasteiger partial charge on any atom is 0.417 e. The minimum absolute atomic E-state index is 0.00181. The number of carbonyl (C=O) groups excluding carboxylic acids is 1. The molecule has 1 saturated heterocycles. The molecule has 2 aromatic heterocycles. The molecule has 0 radical (unpaired) electrons. The van der Waals surface area contributed by atoms with Crippen LogP contribution in [0.5, 0.6) is 11.5 Å². The molecule has 0 spiro atoms. The van der Waals surface area contributed by atoms with Crippen molar-refractivity contribution in [2.45, 2.75) is 25.1 Å². The Morgan fingerprint density at radius 3 is 2.50 bits per heavy atom. The van der Waals surface area contributed by atoms with Crippen molar-refractivity contribution >= 4 is 23.1 Å². The molecule has 2 aliphatic rings. The highest BCUT2D eigenvalue weighted by Crippen LogP contribution is 2.37. The van der Waals surface area contributed by atoms with Gasteiger partial charge in [-0.25, -0.2) is 4.98 Å². The van der Waals surface area contributed by atoms with Crippen molar-refractivity contribution in [1.82, 2.24) is 10.3 Å². The fourth-order valence-electron chi connectivity index (χ4n) is 4.06. The van der Waals surface area contributed by atoms with Crippen LogP contribution in [0.25, 0.3) is 10.4 Å². The van der Waals surface area contributed by atoms with E-state index >= 15 is 0 Å². The number of anilines is 1. The lowest BCUT2D eigenvalue weighted by Gasteiger charge is -2.33. The summed E-state index contributed by atoms with van der Waals surface area (Å²) >= 11 is 1.41. The second-order valence-electron chi connectivity index (χ2n) is 8.16. The Hall–Kier alpha value is -3.27. The molecule has 2 aliphatic heterocycles. The van der Waals surface area contributed by atoms with Crippen molar-refractivity contribution in [3.8, 4) is 21.9 Å². The number of amides is 1. The molecule has 3 aromatic rings. The molecular weight excluding hydrogens is 467 g/mol. The van der Waals surface area contributed by atoms with Gasteiger partial charge in [-0.3, -0.25) is 4.79 Å². The van der Waals surface area contributed by atoms with Gasteiger partial charge in [0.25, 0.3) is 5.91 Å². The van der Waals surface area contributed by atoms with E-state index in [9.17, 15) is 18.0 Å². The Kier molecular flexibility index (Phi) is 6.07. The van der Waals surface area contributed by atoms with Crippen molar-refractivity contribution < 1.29 is 27.4 Å². The van der Waals surface area contributed by atoms with E-state index in [-0.39, 0.29) is 11.9 Å². The van der Waals surface area contributed by atoms with Gasteiger partial charge < -0.3 is 19.7 Å². The first kappa shape index (κ1) is 22.5. The zero-order valence-corrected chi connectivity index (χ0v) is 18.9. The molecule has 178 valence electrons. The van der Waals surface area contributed by atoms with Crippen molar-refractivity contribution in [1.29, 1.82) is 0 Å². The monoisotopic (exact) mass is 489 g/mol. The first-order valence-corrected chi connectivity index (χ1v) is 11.8. The molecule has 4 heterocycles. The highest BCUT2D eigenvalue weighted by atomic mass is 32.1. The van der Waals surface area contributed by atoms with Crippen molar-refractivity contribution in [2.24, 2.45) is 0 Å². The van der Waals surface area contributed by atoms with Gasteiger partial charge in [0.05, 0.1) is 10.4 Å². The number of nitrogens with zero attached hydrogens (tertiary/aromatic N) is 2. The summed E-state index contributed by atoms with van der Waals surface area (Å²) in [5.41, 5.74) is 0.204. The molecule has 1 aromatic carbocycles. The first-order chi connectivity index (χ1) is 16.4. The van der Waals surface area contributed by atoms with E-state index in [1.807, 2.05) is 35.2 Å². The Labute approximate surface area is 198 Å². The fourth-order valence-corrected chi connectivity index (χ4v) is 4.97. The van der Waals surface area contributed by atoms with E-state index < -0.39 is 11.7 Å². The van der Waals surface area contributed by atoms with Crippen LogP contribution in [-0.2, 0) is 6.18 Å². The van der Waals surface area contributed by atoms with Crippen LogP contribution in [0.2, 0.25) is 0 Å². The summed E-state index contributed by atoms with van der Waals surface area (Å²) in [6.45, 7) is 2.27. The standard InChI is InChI=1S/C24H22F3N3O3S/c25-24(26,27)16-2-6-22(28-14-16)30-9-7-17(8-10-30)29-23(31)21-5-4-20(34-21)15-1-3-18-19(13-15)33-12-11-32-18/h1-6,13-14,17H,7-12H2,(H,29,31). The van der Waals surface area contributed by atoms with Gasteiger partial charge in [0.2, 0.25) is 0 Å². The van der Waals surface area contributed by atoms with Crippen molar-refractivity contribution in [3.05, 3.63) is 59.1 Å². The molecule has 1 amide bonds. The number of aromatic nitrogens is 1. The highest BCUT2D eigenvalue weighted by molar-refractivity contribution is 7.17. The van der Waals surface area contributed by atoms with Crippen LogP contribution in [0.15, 0.2) is 48.7 Å². The van der Waals surface area contributed by atoms with E-state index in [1.54, 1.807) is 0 Å². The van der Waals surface area contributed by atoms with Gasteiger partial charge in [-0.2, -0.15) is 13.2 Å². The normalized spacial score (nSPS) is 16.4. The number of carbonyl (C=O) groups is 1. The number of hydrogen-bond donors (Lipinski definition) is 1. The topological polar surface area (TPSA) is 63.7 Å². The van der Waals surface area contributed by atoms with Crippen molar-refractivity contribution in [3.63, 3.8) is 0 Å². The Morgan fingerprint density at radius 2 is 1.79 bits per heavy atom. The maximum atomic E-state index is 12.8. The number of ether oxygens (including phenoxy) is 2. The van der Waals surface area contributed by atoms with E-state index in [1.165, 1.54) is 17.4 Å². The number of halogens is 3. The molecule has 0 bridgehead atoms. The van der Waals surface area contributed by atoms with Crippen LogP contribution in [0, 0.1) is 0 Å². The Morgan fingerprint density at radius 1 is 1.03 bits per heavy atom. The number of pyridine rings is 1. The number of hydrogen-bond acceptors (Lipinski definition) is 6. The summed E-state index contributed by atoms with van der Waals surface area (Å²) in [4.78, 5) is 20.3. The molecular formula is C24H22F3N3O3S. The quantitative estimate of drug-likeness (QED) is 0.559. The average molecular weight is 490 g/mol. The lowest BCUT2D eigenvalue weighted by molar-refractivity contribution is -0.137. The Balaban J connectivity index is 1.17. The predicted octanol–water partition coefficient (Wildman–Crippen LogP) is 5.00. The number of alkyl halides is 3. The predicted molar refractivity (Wildman–Crippen MR) is 123 cm³/mol. The highest BCUT2D eigenvalue weighted by Gasteiger charge is 2.31. The molecule has 0 aliphatic carbocycles. The molecule has 1 fully saturated rings. The maximum absolute atomic E-state index is 12.8. The van der Waals surface area contributed by atoms with E-state index in [2.05, 4.69) is 10.3 Å². The molecule has 5 rings (SSSR count). The third-order valence-electron chi connectivity index (χ3n) is 5.89. The van der Waals surface area contributed by atoms with Crippen LogP contribution < -0.4 is 19.7 Å².